The number of nitrogens with one attached hydrogen (secondary N) is 3. The molecule has 38 heavy (non-hydrogen) atoms. The third-order valence-corrected chi connectivity index (χ3v) is 5.35. The van der Waals surface area contributed by atoms with Crippen molar-refractivity contribution in [3.63, 3.8) is 0 Å². The Morgan fingerprint density at radius 2 is 2.00 bits per heavy atom. The average Bonchev–Trinajstić information content (AvgIpc) is 2.88. The maximum Gasteiger partial charge on any atom is 0.246 e. The number of aromatic nitrogens is 3. The van der Waals surface area contributed by atoms with E-state index >= 15 is 0 Å². The van der Waals surface area contributed by atoms with E-state index in [0.29, 0.717) is 55.5 Å². The minimum absolute atomic E-state index is 0.216. The molecular weight excluding hydrogens is 487 g/mol. The molecule has 0 spiro atoms. The number of hydrogen-bond acceptors (Lipinski definition) is 8. The van der Waals surface area contributed by atoms with Crippen molar-refractivity contribution >= 4 is 29.3 Å². The highest BCUT2D eigenvalue weighted by Gasteiger charge is 2.20. The molecule has 0 saturated carbocycles. The summed E-state index contributed by atoms with van der Waals surface area (Å²) in [6.45, 7) is 5.54. The molecule has 0 saturated heterocycles. The molecule has 0 aliphatic heterocycles. The van der Waals surface area contributed by atoms with Gasteiger partial charge in [0.25, 0.3) is 0 Å². The van der Waals surface area contributed by atoms with Crippen molar-refractivity contribution in [2.45, 2.75) is 39.2 Å². The number of anilines is 3. The molecule has 204 valence electrons. The monoisotopic (exact) mass is 524 g/mol. The number of pyridine rings is 1. The van der Waals surface area contributed by atoms with Crippen LogP contribution < -0.4 is 16.0 Å². The molecule has 10 nitrogen and oxygen atoms in total. The van der Waals surface area contributed by atoms with Gasteiger partial charge < -0.3 is 25.8 Å². The number of carbonyl (C=O) groups excluding carboxylic acids is 2. The van der Waals surface area contributed by atoms with Crippen LogP contribution in [0.1, 0.15) is 38.7 Å². The summed E-state index contributed by atoms with van der Waals surface area (Å²) in [5.74, 6) is 6.04. The quantitative estimate of drug-likeness (QED) is 0.159. The Hall–Kier alpha value is -4.04. The van der Waals surface area contributed by atoms with Crippen LogP contribution in [0.25, 0.3) is 0 Å². The van der Waals surface area contributed by atoms with Crippen molar-refractivity contribution in [1.29, 1.82) is 0 Å². The summed E-state index contributed by atoms with van der Waals surface area (Å²) >= 11 is 0. The van der Waals surface area contributed by atoms with Gasteiger partial charge in [-0.05, 0) is 39.9 Å². The molecule has 0 aliphatic carbocycles. The number of amides is 2. The fourth-order valence-electron chi connectivity index (χ4n) is 3.06. The summed E-state index contributed by atoms with van der Waals surface area (Å²) in [7, 11) is 5.44. The highest BCUT2D eigenvalue weighted by atomic mass is 19.1. The van der Waals surface area contributed by atoms with Crippen LogP contribution in [0.2, 0.25) is 0 Å². The van der Waals surface area contributed by atoms with Gasteiger partial charge in [-0.25, -0.2) is 9.97 Å². The van der Waals surface area contributed by atoms with Crippen molar-refractivity contribution in [3.8, 4) is 11.8 Å². The Labute approximate surface area is 224 Å². The van der Waals surface area contributed by atoms with Gasteiger partial charge in [0.05, 0.1) is 11.8 Å². The van der Waals surface area contributed by atoms with Gasteiger partial charge in [0.2, 0.25) is 23.7 Å². The van der Waals surface area contributed by atoms with E-state index in [2.05, 4.69) is 42.7 Å². The van der Waals surface area contributed by atoms with Crippen LogP contribution >= 0.6 is 0 Å². The topological polar surface area (TPSA) is 115 Å². The van der Waals surface area contributed by atoms with Crippen molar-refractivity contribution in [2.75, 3.05) is 51.4 Å². The first-order chi connectivity index (χ1) is 18.2. The Kier molecular flexibility index (Phi) is 12.7. The van der Waals surface area contributed by atoms with Crippen molar-refractivity contribution in [2.24, 2.45) is 0 Å². The number of hydrogen-bond donors (Lipinski definition) is 3. The van der Waals surface area contributed by atoms with Crippen LogP contribution in [0.5, 0.6) is 0 Å². The molecule has 3 N–H and O–H groups in total. The van der Waals surface area contributed by atoms with Crippen molar-refractivity contribution in [3.05, 3.63) is 48.2 Å². The molecule has 2 aromatic heterocycles. The van der Waals surface area contributed by atoms with E-state index in [4.69, 9.17) is 0 Å². The van der Waals surface area contributed by atoms with Gasteiger partial charge in [0, 0.05) is 57.1 Å². The first-order valence-corrected chi connectivity index (χ1v) is 12.5. The molecule has 11 heteroatoms. The van der Waals surface area contributed by atoms with E-state index in [1.54, 1.807) is 32.3 Å². The maximum atomic E-state index is 13.4. The number of likely N-dealkylation sites (N-methyl/N-ethyl adjacent to an activating group) is 2. The number of halogens is 1. The number of rotatable bonds is 13. The first kappa shape index (κ1) is 30.2. The smallest absolute Gasteiger partial charge is 0.246 e. The van der Waals surface area contributed by atoms with E-state index in [1.807, 2.05) is 25.9 Å². The Morgan fingerprint density at radius 1 is 1.21 bits per heavy atom. The van der Waals surface area contributed by atoms with E-state index < -0.39 is 12.0 Å². The Bertz CT molecular complexity index is 1160. The third-order valence-electron chi connectivity index (χ3n) is 5.35. The zero-order valence-electron chi connectivity index (χ0n) is 22.7. The fraction of sp³-hybridized carbons (Fsp3) is 0.444. The molecule has 0 radical (unpaired) electrons. The summed E-state index contributed by atoms with van der Waals surface area (Å²) in [5, 5.41) is 9.06. The second kappa shape index (κ2) is 15.9. The number of nitrogens with zero attached hydrogens (tertiary/aromatic N) is 5. The summed E-state index contributed by atoms with van der Waals surface area (Å²) in [6.07, 6.45) is 8.33. The molecule has 0 aromatic carbocycles. The molecule has 2 aromatic rings. The lowest BCUT2D eigenvalue weighted by Crippen LogP contribution is -2.45. The van der Waals surface area contributed by atoms with Gasteiger partial charge >= 0.3 is 0 Å². The second-order valence-corrected chi connectivity index (χ2v) is 8.86. The van der Waals surface area contributed by atoms with Crippen LogP contribution in [0, 0.1) is 17.8 Å². The lowest BCUT2D eigenvalue weighted by molar-refractivity contribution is -0.135. The average molecular weight is 525 g/mol. The fourth-order valence-corrected chi connectivity index (χ4v) is 3.06. The zero-order valence-corrected chi connectivity index (χ0v) is 22.7. The predicted octanol–water partition coefficient (Wildman–Crippen LogP) is 2.79. The number of carbonyl (C=O) groups is 2. The maximum absolute atomic E-state index is 13.4. The van der Waals surface area contributed by atoms with E-state index in [9.17, 15) is 14.0 Å². The number of unbranched alkanes of at least 4 members (excludes halogenated alkanes) is 1. The van der Waals surface area contributed by atoms with E-state index in [0.717, 1.165) is 6.42 Å². The zero-order chi connectivity index (χ0) is 27.9. The molecule has 0 fully saturated rings. The highest BCUT2D eigenvalue weighted by Crippen LogP contribution is 2.17. The van der Waals surface area contributed by atoms with Gasteiger partial charge in [0.1, 0.15) is 11.9 Å². The Morgan fingerprint density at radius 3 is 2.71 bits per heavy atom. The van der Waals surface area contributed by atoms with Gasteiger partial charge in [-0.3, -0.25) is 9.59 Å². The van der Waals surface area contributed by atoms with Gasteiger partial charge in [-0.2, -0.15) is 9.37 Å². The lowest BCUT2D eigenvalue weighted by Gasteiger charge is -2.23. The SMILES string of the molecule is CCCNc1nc(Nc2ccnc(F)c2)ncc1C#CCCCNC(=O)C(C)N(C)C(=O)C=CCN(C)C. The van der Waals surface area contributed by atoms with Crippen LogP contribution in [-0.2, 0) is 9.59 Å². The van der Waals surface area contributed by atoms with Gasteiger partial charge in [0.15, 0.2) is 0 Å². The summed E-state index contributed by atoms with van der Waals surface area (Å²) in [6, 6.07) is 2.30. The molecule has 0 bridgehead atoms. The Balaban J connectivity index is 1.87. The second-order valence-electron chi connectivity index (χ2n) is 8.86. The van der Waals surface area contributed by atoms with Crippen molar-refractivity contribution < 1.29 is 14.0 Å². The van der Waals surface area contributed by atoms with Crippen molar-refractivity contribution in [1.82, 2.24) is 30.1 Å². The molecule has 2 rings (SSSR count). The van der Waals surface area contributed by atoms with Crippen LogP contribution in [0.4, 0.5) is 21.8 Å². The van der Waals surface area contributed by atoms with Gasteiger partial charge in [-0.15, -0.1) is 0 Å². The predicted molar refractivity (Wildman–Crippen MR) is 147 cm³/mol. The summed E-state index contributed by atoms with van der Waals surface area (Å²) in [5.41, 5.74) is 1.13. The molecule has 1 atom stereocenters. The van der Waals surface area contributed by atoms with E-state index in [1.165, 1.54) is 23.2 Å². The van der Waals surface area contributed by atoms with Crippen LogP contribution in [0.15, 0.2) is 36.7 Å². The summed E-state index contributed by atoms with van der Waals surface area (Å²) < 4.78 is 13.4. The lowest BCUT2D eigenvalue weighted by atomic mass is 10.2. The molecule has 2 amide bonds. The minimum Gasteiger partial charge on any atom is -0.369 e. The normalized spacial score (nSPS) is 11.6. The third kappa shape index (κ3) is 10.5. The largest absolute Gasteiger partial charge is 0.369 e. The van der Waals surface area contributed by atoms with Crippen LogP contribution in [0.3, 0.4) is 0 Å². The molecular formula is C27H37FN8O2. The van der Waals surface area contributed by atoms with E-state index in [-0.39, 0.29) is 11.8 Å². The molecule has 0 aliphatic rings. The molecule has 1 unspecified atom stereocenters. The standard InChI is InChI=1S/C27H37FN8O2/c1-6-14-30-25-21(19-32-27(34-25)33-22-13-16-29-23(28)18-22)11-8-7-9-15-31-26(38)20(2)36(5)24(37)12-10-17-35(3)4/h10,12-13,16,18-20H,6-7,9,14-15,17H2,1-5H3,(H,31,38)(H2,29,30,32,33,34). The molecule has 2 heterocycles. The summed E-state index contributed by atoms with van der Waals surface area (Å²) in [4.78, 5) is 40.3. The first-order valence-electron chi connectivity index (χ1n) is 12.5. The highest BCUT2D eigenvalue weighted by molar-refractivity contribution is 5.92. The van der Waals surface area contributed by atoms with Crippen LogP contribution in [-0.4, -0.2) is 83.4 Å². The van der Waals surface area contributed by atoms with Gasteiger partial charge in [-0.1, -0.05) is 24.8 Å². The minimum atomic E-state index is -0.597.